The van der Waals surface area contributed by atoms with Crippen LogP contribution in [0.4, 0.5) is 11.8 Å². The smallest absolute Gasteiger partial charge is 0.226 e. The fourth-order valence-corrected chi connectivity index (χ4v) is 2.75. The largest absolute Gasteiger partial charge is 0.396 e. The molecule has 4 rings (SSSR count). The van der Waals surface area contributed by atoms with Crippen LogP contribution in [0, 0.1) is 5.92 Å². The van der Waals surface area contributed by atoms with E-state index in [1.54, 1.807) is 6.33 Å². The van der Waals surface area contributed by atoms with Gasteiger partial charge in [-0.3, -0.25) is 0 Å². The van der Waals surface area contributed by atoms with Gasteiger partial charge in [-0.2, -0.15) is 9.97 Å². The molecule has 2 atom stereocenters. The van der Waals surface area contributed by atoms with Gasteiger partial charge in [-0.25, -0.2) is 4.98 Å². The summed E-state index contributed by atoms with van der Waals surface area (Å²) in [4.78, 5) is 13.2. The summed E-state index contributed by atoms with van der Waals surface area (Å²) in [6, 6.07) is 0.638. The Labute approximate surface area is 121 Å². The molecule has 2 aromatic heterocycles. The zero-order chi connectivity index (χ0) is 14.4. The van der Waals surface area contributed by atoms with E-state index in [4.69, 9.17) is 5.73 Å². The zero-order valence-electron chi connectivity index (χ0n) is 11.6. The Hall–Kier alpha value is -2.15. The van der Waals surface area contributed by atoms with Gasteiger partial charge in [-0.05, 0) is 19.3 Å². The van der Waals surface area contributed by atoms with Gasteiger partial charge in [0.25, 0.3) is 0 Å². The average molecular weight is 286 g/mol. The molecule has 0 amide bonds. The molecule has 2 aromatic rings. The lowest BCUT2D eigenvalue weighted by Gasteiger charge is -2.13. The van der Waals surface area contributed by atoms with Gasteiger partial charge in [0.1, 0.15) is 5.52 Å². The minimum Gasteiger partial charge on any atom is -0.396 e. The zero-order valence-corrected chi connectivity index (χ0v) is 11.6. The van der Waals surface area contributed by atoms with Crippen molar-refractivity contribution < 1.29 is 5.11 Å². The number of aliphatic hydroxyl groups excluding tert-OH is 1. The molecule has 0 spiro atoms. The van der Waals surface area contributed by atoms with Crippen molar-refractivity contribution in [3.63, 3.8) is 0 Å². The van der Waals surface area contributed by atoms with Gasteiger partial charge in [-0.1, -0.05) is 12.2 Å². The summed E-state index contributed by atoms with van der Waals surface area (Å²) in [5.41, 5.74) is 7.38. The third-order valence-electron chi connectivity index (χ3n) is 4.10. The molecule has 2 aliphatic carbocycles. The molecule has 0 aromatic carbocycles. The maximum Gasteiger partial charge on any atom is 0.226 e. The standard InChI is InChI=1S/C14H18N6O/c15-12-11-13(19-14(18-12)17-9-2-3-9)20(7-16-11)10-4-1-8(5-10)6-21/h1,4,7-10,21H,2-3,5-6H2,(H3,15,17,18,19)/t8-,10+/m1/s1. The normalized spacial score (nSPS) is 24.8. The number of fused-ring (bicyclic) bond motifs is 1. The van der Waals surface area contributed by atoms with Crippen molar-refractivity contribution in [3.05, 3.63) is 18.5 Å². The molecule has 4 N–H and O–H groups in total. The summed E-state index contributed by atoms with van der Waals surface area (Å²) < 4.78 is 2.01. The van der Waals surface area contributed by atoms with E-state index in [1.807, 2.05) is 10.6 Å². The van der Waals surface area contributed by atoms with Crippen molar-refractivity contribution in [2.24, 2.45) is 5.92 Å². The van der Waals surface area contributed by atoms with E-state index in [0.717, 1.165) is 24.9 Å². The summed E-state index contributed by atoms with van der Waals surface area (Å²) in [7, 11) is 0. The lowest BCUT2D eigenvalue weighted by molar-refractivity contribution is 0.244. The molecule has 0 bridgehead atoms. The molecule has 1 fully saturated rings. The Morgan fingerprint density at radius 2 is 2.19 bits per heavy atom. The number of nitrogen functional groups attached to an aromatic ring is 1. The van der Waals surface area contributed by atoms with Gasteiger partial charge in [-0.15, -0.1) is 0 Å². The van der Waals surface area contributed by atoms with Crippen LogP contribution in [-0.4, -0.2) is 37.3 Å². The second kappa shape index (κ2) is 4.70. The number of nitrogens with zero attached hydrogens (tertiary/aromatic N) is 4. The Bertz CT molecular complexity index is 705. The maximum absolute atomic E-state index is 9.26. The maximum atomic E-state index is 9.26. The Morgan fingerprint density at radius 1 is 1.33 bits per heavy atom. The van der Waals surface area contributed by atoms with E-state index in [1.165, 1.54) is 0 Å². The van der Waals surface area contributed by atoms with Crippen LogP contribution in [0.1, 0.15) is 25.3 Å². The lowest BCUT2D eigenvalue weighted by atomic mass is 10.1. The third-order valence-corrected chi connectivity index (χ3v) is 4.10. The van der Waals surface area contributed by atoms with E-state index >= 15 is 0 Å². The predicted octanol–water partition coefficient (Wildman–Crippen LogP) is 1.09. The highest BCUT2D eigenvalue weighted by Gasteiger charge is 2.25. The van der Waals surface area contributed by atoms with Crippen LogP contribution in [0.15, 0.2) is 18.5 Å². The number of allylic oxidation sites excluding steroid dienone is 1. The summed E-state index contributed by atoms with van der Waals surface area (Å²) in [6.45, 7) is 0.172. The highest BCUT2D eigenvalue weighted by Crippen LogP contribution is 2.31. The Kier molecular flexibility index (Phi) is 2.81. The number of rotatable bonds is 4. The van der Waals surface area contributed by atoms with Crippen LogP contribution in [0.5, 0.6) is 0 Å². The van der Waals surface area contributed by atoms with Crippen LogP contribution in [0.3, 0.4) is 0 Å². The Morgan fingerprint density at radius 3 is 2.90 bits per heavy atom. The SMILES string of the molecule is Nc1nc(NC2CC2)nc2c1ncn2[C@H]1C=C[C@@H](CO)C1. The number of nitrogens with one attached hydrogen (secondary N) is 1. The number of anilines is 2. The van der Waals surface area contributed by atoms with Gasteiger partial charge in [0.05, 0.1) is 12.4 Å². The monoisotopic (exact) mass is 286 g/mol. The van der Waals surface area contributed by atoms with Gasteiger partial charge in [0.15, 0.2) is 11.5 Å². The van der Waals surface area contributed by atoms with Gasteiger partial charge < -0.3 is 20.7 Å². The first-order chi connectivity index (χ1) is 10.2. The third kappa shape index (κ3) is 2.23. The summed E-state index contributed by atoms with van der Waals surface area (Å²) in [5.74, 6) is 1.18. The van der Waals surface area contributed by atoms with Gasteiger partial charge in [0, 0.05) is 18.6 Å². The number of hydrogen-bond donors (Lipinski definition) is 3. The minimum absolute atomic E-state index is 0.162. The van der Waals surface area contributed by atoms with Gasteiger partial charge >= 0.3 is 0 Å². The predicted molar refractivity (Wildman–Crippen MR) is 79.7 cm³/mol. The first kappa shape index (κ1) is 12.6. The average Bonchev–Trinajstić information content (AvgIpc) is 3.01. The van der Waals surface area contributed by atoms with Crippen LogP contribution in [0.25, 0.3) is 11.2 Å². The molecule has 2 heterocycles. The van der Waals surface area contributed by atoms with E-state index in [2.05, 4.69) is 26.3 Å². The number of nitrogens with two attached hydrogens (primary N) is 1. The highest BCUT2D eigenvalue weighted by molar-refractivity contribution is 5.83. The number of hydrogen-bond acceptors (Lipinski definition) is 6. The van der Waals surface area contributed by atoms with E-state index in [9.17, 15) is 5.11 Å². The molecule has 21 heavy (non-hydrogen) atoms. The van der Waals surface area contributed by atoms with Crippen molar-refractivity contribution in [2.75, 3.05) is 17.7 Å². The van der Waals surface area contributed by atoms with Crippen molar-refractivity contribution in [1.82, 2.24) is 19.5 Å². The van der Waals surface area contributed by atoms with Crippen LogP contribution < -0.4 is 11.1 Å². The molecule has 7 nitrogen and oxygen atoms in total. The Balaban J connectivity index is 1.72. The van der Waals surface area contributed by atoms with Crippen molar-refractivity contribution in [1.29, 1.82) is 0 Å². The molecule has 0 saturated heterocycles. The lowest BCUT2D eigenvalue weighted by Crippen LogP contribution is -2.11. The highest BCUT2D eigenvalue weighted by atomic mass is 16.3. The summed E-state index contributed by atoms with van der Waals surface area (Å²) >= 11 is 0. The van der Waals surface area contributed by atoms with Crippen molar-refractivity contribution in [2.45, 2.75) is 31.3 Å². The molecule has 110 valence electrons. The van der Waals surface area contributed by atoms with E-state index in [-0.39, 0.29) is 18.6 Å². The van der Waals surface area contributed by atoms with Crippen LogP contribution in [-0.2, 0) is 0 Å². The molecule has 0 radical (unpaired) electrons. The molecule has 1 saturated carbocycles. The molecular weight excluding hydrogens is 268 g/mol. The number of aromatic nitrogens is 4. The number of aliphatic hydroxyl groups is 1. The fraction of sp³-hybridized carbons (Fsp3) is 0.500. The molecule has 7 heteroatoms. The minimum atomic E-state index is 0.162. The first-order valence-corrected chi connectivity index (χ1v) is 7.30. The second-order valence-electron chi connectivity index (χ2n) is 5.81. The van der Waals surface area contributed by atoms with Crippen molar-refractivity contribution in [3.8, 4) is 0 Å². The van der Waals surface area contributed by atoms with E-state index < -0.39 is 0 Å². The van der Waals surface area contributed by atoms with Crippen molar-refractivity contribution >= 4 is 22.9 Å². The molecule has 0 unspecified atom stereocenters. The topological polar surface area (TPSA) is 102 Å². The molecule has 0 aliphatic heterocycles. The second-order valence-corrected chi connectivity index (χ2v) is 5.81. The van der Waals surface area contributed by atoms with Crippen LogP contribution >= 0.6 is 0 Å². The van der Waals surface area contributed by atoms with Crippen LogP contribution in [0.2, 0.25) is 0 Å². The quantitative estimate of drug-likeness (QED) is 0.727. The number of imidazole rings is 1. The summed E-state index contributed by atoms with van der Waals surface area (Å²) in [5, 5.41) is 12.5. The first-order valence-electron chi connectivity index (χ1n) is 7.30. The fourth-order valence-electron chi connectivity index (χ4n) is 2.75. The summed E-state index contributed by atoms with van der Waals surface area (Å²) in [6.07, 6.45) is 9.07. The molecular formula is C14H18N6O. The van der Waals surface area contributed by atoms with E-state index in [0.29, 0.717) is 23.3 Å². The molecule has 2 aliphatic rings. The van der Waals surface area contributed by atoms with Gasteiger partial charge in [0.2, 0.25) is 5.95 Å².